The van der Waals surface area contributed by atoms with E-state index < -0.39 is 37.5 Å². The molecule has 0 saturated heterocycles. The molecule has 1 amide bonds. The summed E-state index contributed by atoms with van der Waals surface area (Å²) in [5.41, 5.74) is -1.27. The number of rotatable bonds is 5. The zero-order chi connectivity index (χ0) is 22.0. The Labute approximate surface area is 162 Å². The molecular formula is C18H12F4N2O4S. The average molecular weight is 428 g/mol. The van der Waals surface area contributed by atoms with Crippen LogP contribution in [-0.4, -0.2) is 19.8 Å². The van der Waals surface area contributed by atoms with Crippen LogP contribution in [0.3, 0.4) is 0 Å². The minimum atomic E-state index is -5.75. The van der Waals surface area contributed by atoms with E-state index in [2.05, 4.69) is 0 Å². The molecule has 0 unspecified atom stereocenters. The van der Waals surface area contributed by atoms with Crippen LogP contribution < -0.4 is 10.5 Å². The summed E-state index contributed by atoms with van der Waals surface area (Å²) in [5, 5.41) is 8.88. The van der Waals surface area contributed by atoms with Crippen molar-refractivity contribution in [2.75, 3.05) is 0 Å². The van der Waals surface area contributed by atoms with Crippen molar-refractivity contribution in [3.8, 4) is 17.6 Å². The van der Waals surface area contributed by atoms with Crippen LogP contribution in [0, 0.1) is 24.1 Å². The van der Waals surface area contributed by atoms with Crippen LogP contribution in [0.5, 0.6) is 11.5 Å². The van der Waals surface area contributed by atoms with Crippen molar-refractivity contribution in [2.24, 2.45) is 5.73 Å². The molecule has 0 radical (unpaired) electrons. The molecule has 0 aliphatic heterocycles. The second-order valence-corrected chi connectivity index (χ2v) is 7.58. The summed E-state index contributed by atoms with van der Waals surface area (Å²) in [7, 11) is -5.75. The minimum absolute atomic E-state index is 0.0669. The summed E-state index contributed by atoms with van der Waals surface area (Å²) in [5.74, 6) is -2.07. The van der Waals surface area contributed by atoms with E-state index in [0.717, 1.165) is 24.3 Å². The Morgan fingerprint density at radius 1 is 1.24 bits per heavy atom. The van der Waals surface area contributed by atoms with E-state index in [0.29, 0.717) is 12.1 Å². The second kappa shape index (κ2) is 7.92. The van der Waals surface area contributed by atoms with Gasteiger partial charge in [-0.15, -0.1) is 0 Å². The number of carbonyl (C=O) groups is 1. The quantitative estimate of drug-likeness (QED) is 0.578. The van der Waals surface area contributed by atoms with Gasteiger partial charge in [0.2, 0.25) is 5.91 Å². The molecule has 0 heterocycles. The summed E-state index contributed by atoms with van der Waals surface area (Å²) < 4.78 is 81.7. The van der Waals surface area contributed by atoms with E-state index in [1.165, 1.54) is 13.0 Å². The topological polar surface area (TPSA) is 110 Å². The van der Waals surface area contributed by atoms with Gasteiger partial charge < -0.3 is 10.5 Å². The van der Waals surface area contributed by atoms with Crippen LogP contribution >= 0.6 is 0 Å². The number of nitrogens with two attached hydrogens (primary N) is 1. The smallest absolute Gasteiger partial charge is 0.457 e. The van der Waals surface area contributed by atoms with Gasteiger partial charge >= 0.3 is 5.51 Å². The van der Waals surface area contributed by atoms with Gasteiger partial charge in [0.25, 0.3) is 9.84 Å². The lowest BCUT2D eigenvalue weighted by atomic mass is 10.1. The van der Waals surface area contributed by atoms with Crippen molar-refractivity contribution in [1.29, 1.82) is 5.26 Å². The summed E-state index contributed by atoms with van der Waals surface area (Å²) in [4.78, 5) is 9.88. The number of amides is 1. The van der Waals surface area contributed by atoms with E-state index in [-0.39, 0.29) is 22.6 Å². The lowest BCUT2D eigenvalue weighted by Crippen LogP contribution is -2.24. The molecule has 0 saturated carbocycles. The molecule has 0 aliphatic carbocycles. The average Bonchev–Trinajstić information content (AvgIpc) is 2.60. The molecule has 0 bridgehead atoms. The number of alkyl halides is 3. The maximum atomic E-state index is 13.6. The van der Waals surface area contributed by atoms with E-state index in [1.807, 2.05) is 0 Å². The van der Waals surface area contributed by atoms with Crippen molar-refractivity contribution in [2.45, 2.75) is 17.3 Å². The number of nitriles is 1. The van der Waals surface area contributed by atoms with E-state index in [9.17, 15) is 30.8 Å². The molecule has 2 rings (SSSR count). The number of halogens is 4. The molecular weight excluding hydrogens is 416 g/mol. The van der Waals surface area contributed by atoms with Gasteiger partial charge in [-0.1, -0.05) is 0 Å². The van der Waals surface area contributed by atoms with Crippen molar-refractivity contribution in [3.63, 3.8) is 0 Å². The summed E-state index contributed by atoms with van der Waals surface area (Å²) in [6, 6.07) is 6.37. The van der Waals surface area contributed by atoms with Crippen LogP contribution in [0.4, 0.5) is 17.6 Å². The molecule has 0 spiro atoms. The highest BCUT2D eigenvalue weighted by molar-refractivity contribution is 7.92. The van der Waals surface area contributed by atoms with Crippen molar-refractivity contribution >= 4 is 21.8 Å². The second-order valence-electron chi connectivity index (χ2n) is 5.67. The number of hydrogen-bond donors (Lipinski definition) is 1. The van der Waals surface area contributed by atoms with Crippen LogP contribution in [0.25, 0.3) is 6.08 Å². The molecule has 2 N–H and O–H groups in total. The van der Waals surface area contributed by atoms with Crippen LogP contribution in [0.1, 0.15) is 16.7 Å². The summed E-state index contributed by atoms with van der Waals surface area (Å²) in [6.07, 6.45) is 1.51. The maximum Gasteiger partial charge on any atom is 0.501 e. The number of primary amides is 1. The number of sulfone groups is 1. The van der Waals surface area contributed by atoms with Crippen molar-refractivity contribution in [3.05, 3.63) is 58.9 Å². The third kappa shape index (κ3) is 4.72. The number of ether oxygens (including phenoxy) is 1. The first-order valence-corrected chi connectivity index (χ1v) is 9.16. The van der Waals surface area contributed by atoms with Gasteiger partial charge in [-0.05, 0) is 37.3 Å². The van der Waals surface area contributed by atoms with Gasteiger partial charge in [0, 0.05) is 23.3 Å². The largest absolute Gasteiger partial charge is 0.501 e. The highest BCUT2D eigenvalue weighted by Gasteiger charge is 2.48. The normalized spacial score (nSPS) is 12.0. The molecule has 0 fully saturated rings. The fraction of sp³-hybridized carbons (Fsp3) is 0.111. The fourth-order valence-corrected chi connectivity index (χ4v) is 3.35. The predicted octanol–water partition coefficient (Wildman–Crippen LogP) is 3.59. The fourth-order valence-electron chi connectivity index (χ4n) is 2.34. The summed E-state index contributed by atoms with van der Waals surface area (Å²) >= 11 is 0. The van der Waals surface area contributed by atoms with E-state index in [1.54, 1.807) is 6.07 Å². The van der Waals surface area contributed by atoms with Gasteiger partial charge in [0.1, 0.15) is 17.3 Å². The molecule has 2 aromatic carbocycles. The zero-order valence-corrected chi connectivity index (χ0v) is 15.4. The monoisotopic (exact) mass is 428 g/mol. The Bertz CT molecular complexity index is 1150. The van der Waals surface area contributed by atoms with Crippen LogP contribution in [0.2, 0.25) is 0 Å². The first kappa shape index (κ1) is 21.9. The molecule has 6 nitrogen and oxygen atoms in total. The summed E-state index contributed by atoms with van der Waals surface area (Å²) in [6.45, 7) is 1.25. The maximum absolute atomic E-state index is 13.6. The first-order valence-electron chi connectivity index (χ1n) is 7.68. The highest BCUT2D eigenvalue weighted by atomic mass is 32.2. The van der Waals surface area contributed by atoms with Gasteiger partial charge in [-0.3, -0.25) is 4.79 Å². The highest BCUT2D eigenvalue weighted by Crippen LogP contribution is 2.38. The lowest BCUT2D eigenvalue weighted by molar-refractivity contribution is -0.113. The van der Waals surface area contributed by atoms with Gasteiger partial charge in [0.15, 0.2) is 0 Å². The third-order valence-corrected chi connectivity index (χ3v) is 5.21. The van der Waals surface area contributed by atoms with Crippen molar-refractivity contribution in [1.82, 2.24) is 0 Å². The zero-order valence-electron chi connectivity index (χ0n) is 14.6. The van der Waals surface area contributed by atoms with Crippen LogP contribution in [-0.2, 0) is 14.6 Å². The molecule has 0 aliphatic rings. The van der Waals surface area contributed by atoms with Gasteiger partial charge in [0.05, 0.1) is 16.5 Å². The number of hydrogen-bond acceptors (Lipinski definition) is 5. The Balaban J connectivity index is 2.66. The lowest BCUT2D eigenvalue weighted by Gasteiger charge is -2.16. The van der Waals surface area contributed by atoms with Crippen LogP contribution in [0.15, 0.2) is 41.3 Å². The number of nitrogens with zero attached hydrogens (tertiary/aromatic N) is 1. The first-order chi connectivity index (χ1) is 13.4. The van der Waals surface area contributed by atoms with E-state index >= 15 is 0 Å². The molecule has 29 heavy (non-hydrogen) atoms. The molecule has 0 atom stereocenters. The Morgan fingerprint density at radius 3 is 2.45 bits per heavy atom. The number of benzene rings is 2. The van der Waals surface area contributed by atoms with Crippen molar-refractivity contribution < 1.29 is 35.5 Å². The molecule has 11 heteroatoms. The molecule has 0 aromatic heterocycles. The molecule has 152 valence electrons. The predicted molar refractivity (Wildman–Crippen MR) is 93.8 cm³/mol. The van der Waals surface area contributed by atoms with Gasteiger partial charge in [-0.25, -0.2) is 12.8 Å². The van der Waals surface area contributed by atoms with E-state index in [4.69, 9.17) is 15.7 Å². The Morgan fingerprint density at radius 2 is 1.90 bits per heavy atom. The number of carbonyl (C=O) groups excluding carboxylic acids is 1. The third-order valence-electron chi connectivity index (χ3n) is 3.66. The SMILES string of the molecule is Cc1c(Oc2cc(F)cc(C#N)c2)ccc(S(=O)(=O)C(F)(F)F)c1C=CC(N)=O. The minimum Gasteiger partial charge on any atom is -0.457 e. The molecule has 2 aromatic rings. The Kier molecular flexibility index (Phi) is 5.98. The van der Waals surface area contributed by atoms with Gasteiger partial charge in [-0.2, -0.15) is 18.4 Å². The standard InChI is InChI=1S/C18H12F4N2O4S/c1-10-14(2-5-17(24)25)16(29(26,27)18(20,21)22)4-3-15(10)28-13-7-11(9-23)6-12(19)8-13/h2-8H,1H3,(H2,24,25). The Hall–Kier alpha value is -3.39.